The lowest BCUT2D eigenvalue weighted by atomic mass is 10.0. The normalized spacial score (nSPS) is 15.1. The van der Waals surface area contributed by atoms with Crippen molar-refractivity contribution in [2.24, 2.45) is 5.92 Å². The summed E-state index contributed by atoms with van der Waals surface area (Å²) in [6, 6.07) is -0.122. The number of hydrogen-bond donors (Lipinski definition) is 1. The van der Waals surface area contributed by atoms with Gasteiger partial charge < -0.3 is 15.0 Å². The molecule has 152 valence electrons. The Bertz CT molecular complexity index is 845. The van der Waals surface area contributed by atoms with E-state index in [1.807, 2.05) is 25.7 Å². The first-order valence-corrected chi connectivity index (χ1v) is 10.3. The van der Waals surface area contributed by atoms with E-state index in [-0.39, 0.29) is 25.2 Å². The van der Waals surface area contributed by atoms with Crippen LogP contribution in [-0.4, -0.2) is 57.4 Å². The molecule has 0 saturated carbocycles. The molecule has 0 unspecified atom stereocenters. The number of nitrogens with one attached hydrogen (secondary N) is 1. The predicted octanol–water partition coefficient (Wildman–Crippen LogP) is 2.62. The van der Waals surface area contributed by atoms with E-state index in [1.54, 1.807) is 18.6 Å². The lowest BCUT2D eigenvalue weighted by molar-refractivity contribution is -0.128. The molecule has 1 fully saturated rings. The quantitative estimate of drug-likeness (QED) is 0.725. The van der Waals surface area contributed by atoms with Gasteiger partial charge in [-0.25, -0.2) is 9.97 Å². The summed E-state index contributed by atoms with van der Waals surface area (Å²) in [5.41, 5.74) is 0.616. The molecule has 1 atom stereocenters. The molecule has 3 rings (SSSR count). The molecule has 8 nitrogen and oxygen atoms in total. The van der Waals surface area contributed by atoms with E-state index in [1.165, 1.54) is 11.3 Å². The van der Waals surface area contributed by atoms with Crippen molar-refractivity contribution in [2.75, 3.05) is 19.7 Å². The summed E-state index contributed by atoms with van der Waals surface area (Å²) in [6.07, 6.45) is 6.27. The zero-order chi connectivity index (χ0) is 20.1. The van der Waals surface area contributed by atoms with Crippen LogP contribution in [0.1, 0.15) is 44.8 Å². The van der Waals surface area contributed by atoms with Gasteiger partial charge in [0.15, 0.2) is 5.01 Å². The summed E-state index contributed by atoms with van der Waals surface area (Å²) in [7, 11) is 0. The number of carbonyl (C=O) groups is 2. The molecule has 1 N–H and O–H groups in total. The van der Waals surface area contributed by atoms with Gasteiger partial charge in [0.25, 0.3) is 5.91 Å². The lowest BCUT2D eigenvalue weighted by Crippen LogP contribution is -2.47. The first-order chi connectivity index (χ1) is 13.5. The van der Waals surface area contributed by atoms with Crippen LogP contribution in [0.2, 0.25) is 0 Å². The van der Waals surface area contributed by atoms with Crippen molar-refractivity contribution in [1.29, 1.82) is 0 Å². The molecule has 0 spiro atoms. The van der Waals surface area contributed by atoms with Gasteiger partial charge in [0.1, 0.15) is 5.69 Å². The Morgan fingerprint density at radius 2 is 2.21 bits per heavy atom. The van der Waals surface area contributed by atoms with Crippen molar-refractivity contribution in [2.45, 2.75) is 39.7 Å². The zero-order valence-corrected chi connectivity index (χ0v) is 17.2. The molecule has 1 aliphatic heterocycles. The number of amides is 2. The summed E-state index contributed by atoms with van der Waals surface area (Å²) in [5, 5.41) is 3.39. The molecular weight excluding hydrogens is 378 g/mol. The van der Waals surface area contributed by atoms with E-state index in [9.17, 15) is 9.59 Å². The summed E-state index contributed by atoms with van der Waals surface area (Å²) < 4.78 is 5.37. The molecule has 1 saturated heterocycles. The topological polar surface area (TPSA) is 97.3 Å². The molecular formula is C19H27N5O3S. The van der Waals surface area contributed by atoms with E-state index in [0.717, 1.165) is 17.8 Å². The van der Waals surface area contributed by atoms with Crippen molar-refractivity contribution in [1.82, 2.24) is 25.2 Å². The first-order valence-electron chi connectivity index (χ1n) is 9.47. The van der Waals surface area contributed by atoms with Crippen LogP contribution in [0.3, 0.4) is 0 Å². The van der Waals surface area contributed by atoms with Crippen LogP contribution in [0.15, 0.2) is 18.6 Å². The second-order valence-electron chi connectivity index (χ2n) is 6.97. The molecule has 2 amide bonds. The third-order valence-electron chi connectivity index (χ3n) is 4.57. The average Bonchev–Trinajstić information content (AvgIpc) is 3.31. The molecule has 2 aromatic rings. The molecule has 3 heterocycles. The van der Waals surface area contributed by atoms with Gasteiger partial charge in [-0.05, 0) is 19.3 Å². The highest BCUT2D eigenvalue weighted by Crippen LogP contribution is 2.25. The van der Waals surface area contributed by atoms with Gasteiger partial charge >= 0.3 is 0 Å². The van der Waals surface area contributed by atoms with Crippen LogP contribution in [0.5, 0.6) is 5.88 Å². The number of nitrogens with zero attached hydrogens (tertiary/aromatic N) is 4. The highest BCUT2D eigenvalue weighted by atomic mass is 32.1. The van der Waals surface area contributed by atoms with Gasteiger partial charge in [0.2, 0.25) is 11.8 Å². The van der Waals surface area contributed by atoms with Gasteiger partial charge in [-0.1, -0.05) is 13.8 Å². The third kappa shape index (κ3) is 4.83. The number of hydrogen-bond acceptors (Lipinski definition) is 7. The molecule has 1 aliphatic rings. The summed E-state index contributed by atoms with van der Waals surface area (Å²) in [4.78, 5) is 39.9. The first kappa shape index (κ1) is 20.2. The van der Waals surface area contributed by atoms with Gasteiger partial charge in [-0.15, -0.1) is 11.3 Å². The lowest BCUT2D eigenvalue weighted by Gasteiger charge is -2.27. The predicted molar refractivity (Wildman–Crippen MR) is 108 cm³/mol. The van der Waals surface area contributed by atoms with Crippen molar-refractivity contribution in [3.8, 4) is 16.5 Å². The second-order valence-corrected chi connectivity index (χ2v) is 8.00. The van der Waals surface area contributed by atoms with E-state index in [2.05, 4.69) is 20.3 Å². The van der Waals surface area contributed by atoms with Crippen LogP contribution in [0.4, 0.5) is 0 Å². The fourth-order valence-corrected chi connectivity index (χ4v) is 3.74. The highest BCUT2D eigenvalue weighted by Gasteiger charge is 2.27. The van der Waals surface area contributed by atoms with Crippen LogP contribution >= 0.6 is 11.3 Å². The summed E-state index contributed by atoms with van der Waals surface area (Å²) in [6.45, 7) is 7.74. The Morgan fingerprint density at radius 1 is 1.39 bits per heavy atom. The smallest absolute Gasteiger partial charge is 0.280 e. The van der Waals surface area contributed by atoms with E-state index < -0.39 is 0 Å². The number of thiazole rings is 1. The van der Waals surface area contributed by atoms with Gasteiger partial charge in [0, 0.05) is 33.2 Å². The van der Waals surface area contributed by atoms with Crippen LogP contribution in [-0.2, 0) is 4.79 Å². The SMILES string of the molecule is CCOc1cncc(-c2cnc(C(=O)N[C@@H](CN3CCCC3=O)C(C)C)s2)n1.[HH]. The number of ether oxygens (including phenoxy) is 1. The monoisotopic (exact) mass is 405 g/mol. The van der Waals surface area contributed by atoms with Crippen molar-refractivity contribution < 1.29 is 15.8 Å². The Balaban J connectivity index is 0.00000300. The van der Waals surface area contributed by atoms with Gasteiger partial charge in [0.05, 0.1) is 23.9 Å². The van der Waals surface area contributed by atoms with E-state index in [0.29, 0.717) is 36.2 Å². The van der Waals surface area contributed by atoms with Gasteiger partial charge in [-0.3, -0.25) is 14.6 Å². The Hall–Kier alpha value is -2.55. The standard InChI is InChI=1S/C19H25N5O3S.H2/c1-4-27-16-10-20-8-13(22-16)15-9-21-19(28-15)18(26)23-14(12(2)3)11-24-7-5-6-17(24)25;/h8-10,12,14H,4-7,11H2,1-3H3,(H,23,26);1H/t14-;/m0./s1. The molecule has 0 radical (unpaired) electrons. The molecule has 28 heavy (non-hydrogen) atoms. The molecule has 0 aromatic carbocycles. The maximum atomic E-state index is 12.7. The maximum absolute atomic E-state index is 12.7. The van der Waals surface area contributed by atoms with Crippen LogP contribution in [0, 0.1) is 5.92 Å². The van der Waals surface area contributed by atoms with E-state index in [4.69, 9.17) is 4.74 Å². The Kier molecular flexibility index (Phi) is 6.56. The number of aromatic nitrogens is 3. The number of carbonyl (C=O) groups excluding carboxylic acids is 2. The summed E-state index contributed by atoms with van der Waals surface area (Å²) in [5.74, 6) is 0.555. The van der Waals surface area contributed by atoms with Crippen LogP contribution in [0.25, 0.3) is 10.6 Å². The minimum absolute atomic E-state index is 0. The Labute approximate surface area is 169 Å². The van der Waals surface area contributed by atoms with Crippen LogP contribution < -0.4 is 10.1 Å². The average molecular weight is 406 g/mol. The Morgan fingerprint density at radius 3 is 2.89 bits per heavy atom. The maximum Gasteiger partial charge on any atom is 0.280 e. The van der Waals surface area contributed by atoms with E-state index >= 15 is 0 Å². The summed E-state index contributed by atoms with van der Waals surface area (Å²) >= 11 is 1.26. The zero-order valence-electron chi connectivity index (χ0n) is 16.3. The molecule has 0 bridgehead atoms. The fourth-order valence-electron chi connectivity index (χ4n) is 2.97. The molecule has 0 aliphatic carbocycles. The van der Waals surface area contributed by atoms with Crippen molar-refractivity contribution in [3.63, 3.8) is 0 Å². The number of likely N-dealkylation sites (tertiary alicyclic amines) is 1. The minimum Gasteiger partial charge on any atom is -0.477 e. The van der Waals surface area contributed by atoms with Crippen molar-refractivity contribution in [3.05, 3.63) is 23.6 Å². The van der Waals surface area contributed by atoms with Gasteiger partial charge in [-0.2, -0.15) is 0 Å². The third-order valence-corrected chi connectivity index (χ3v) is 5.59. The fraction of sp³-hybridized carbons (Fsp3) is 0.526. The van der Waals surface area contributed by atoms with Crippen molar-refractivity contribution >= 4 is 23.2 Å². The largest absolute Gasteiger partial charge is 0.477 e. The number of rotatable bonds is 8. The second kappa shape index (κ2) is 9.09. The highest BCUT2D eigenvalue weighted by molar-refractivity contribution is 7.16. The minimum atomic E-state index is -0.240. The molecule has 9 heteroatoms. The molecule has 2 aromatic heterocycles.